The van der Waals surface area contributed by atoms with Crippen LogP contribution < -0.4 is 16.0 Å². The summed E-state index contributed by atoms with van der Waals surface area (Å²) in [5, 5.41) is 19.1. The first kappa shape index (κ1) is 29.1. The van der Waals surface area contributed by atoms with Crippen LogP contribution in [0.4, 0.5) is 0 Å². The first-order valence-electron chi connectivity index (χ1n) is 11.6. The molecule has 1 aromatic heterocycles. The van der Waals surface area contributed by atoms with Gasteiger partial charge in [-0.3, -0.25) is 14.4 Å². The monoisotopic (exact) mass is 526 g/mol. The third-order valence-corrected chi connectivity index (χ3v) is 6.86. The number of nitrogens with zero attached hydrogens (tertiary/aromatic N) is 1. The van der Waals surface area contributed by atoms with E-state index < -0.39 is 5.91 Å². The summed E-state index contributed by atoms with van der Waals surface area (Å²) in [7, 11) is 3.77. The van der Waals surface area contributed by atoms with Crippen molar-refractivity contribution in [3.05, 3.63) is 69.6 Å². The summed E-state index contributed by atoms with van der Waals surface area (Å²) >= 11 is 7.99. The van der Waals surface area contributed by atoms with E-state index in [1.54, 1.807) is 18.4 Å². The van der Waals surface area contributed by atoms with Crippen molar-refractivity contribution in [2.45, 2.75) is 31.2 Å². The first-order chi connectivity index (χ1) is 17.4. The van der Waals surface area contributed by atoms with Crippen molar-refractivity contribution >= 4 is 41.4 Å². The minimum Gasteiger partial charge on any atom is -0.346 e. The average Bonchev–Trinajstić information content (AvgIpc) is 3.52. The molecule has 2 aliphatic rings. The Balaban J connectivity index is 0.000000218. The van der Waals surface area contributed by atoms with E-state index in [1.165, 1.54) is 28.8 Å². The van der Waals surface area contributed by atoms with Crippen molar-refractivity contribution in [2.75, 3.05) is 27.2 Å². The van der Waals surface area contributed by atoms with E-state index in [1.807, 2.05) is 31.3 Å². The molecule has 0 aliphatic heterocycles. The van der Waals surface area contributed by atoms with Crippen molar-refractivity contribution < 1.29 is 14.4 Å². The highest BCUT2D eigenvalue weighted by atomic mass is 35.5. The molecule has 1 heterocycles. The fourth-order valence-corrected chi connectivity index (χ4v) is 4.56. The van der Waals surface area contributed by atoms with Gasteiger partial charge in [-0.2, -0.15) is 5.26 Å². The highest BCUT2D eigenvalue weighted by molar-refractivity contribution is 7.13. The number of nitrogens with one attached hydrogen (secondary N) is 3. The zero-order chi connectivity index (χ0) is 26.4. The number of carbonyl (C=O) groups is 3. The first-order valence-corrected chi connectivity index (χ1v) is 12.8. The Morgan fingerprint density at radius 1 is 1.19 bits per heavy atom. The number of rotatable bonds is 8. The minimum absolute atomic E-state index is 0.177. The molecule has 0 unspecified atom stereocenters. The molecule has 4 rings (SSSR count). The lowest BCUT2D eigenvalue weighted by atomic mass is 9.99. The number of halogens is 1. The van der Waals surface area contributed by atoms with Gasteiger partial charge in [-0.25, -0.2) is 0 Å². The Labute approximate surface area is 221 Å². The van der Waals surface area contributed by atoms with Gasteiger partial charge < -0.3 is 16.0 Å². The fraction of sp³-hybridized carbons (Fsp3) is 0.333. The van der Waals surface area contributed by atoms with Crippen molar-refractivity contribution in [2.24, 2.45) is 0 Å². The van der Waals surface area contributed by atoms with Gasteiger partial charge in [0.25, 0.3) is 5.91 Å². The molecular formula is C27H31ClN4O3S. The molecule has 0 atom stereocenters. The molecule has 36 heavy (non-hydrogen) atoms. The molecule has 7 nitrogen and oxygen atoms in total. The van der Waals surface area contributed by atoms with Gasteiger partial charge in [-0.15, -0.1) is 11.3 Å². The van der Waals surface area contributed by atoms with E-state index in [2.05, 4.69) is 45.6 Å². The Bertz CT molecular complexity index is 1130. The molecule has 1 fully saturated rings. The summed E-state index contributed by atoms with van der Waals surface area (Å²) in [4.78, 5) is 32.5. The lowest BCUT2D eigenvalue weighted by Crippen LogP contribution is -2.27. The van der Waals surface area contributed by atoms with Crippen molar-refractivity contribution in [3.63, 3.8) is 0 Å². The normalized spacial score (nSPS) is 14.8. The Morgan fingerprint density at radius 3 is 2.47 bits per heavy atom. The maximum atomic E-state index is 10.6. The van der Waals surface area contributed by atoms with Crippen LogP contribution in [0, 0.1) is 11.3 Å². The number of thiophene rings is 1. The summed E-state index contributed by atoms with van der Waals surface area (Å²) in [6, 6.07) is 12.5. The highest BCUT2D eigenvalue weighted by Crippen LogP contribution is 2.46. The van der Waals surface area contributed by atoms with Gasteiger partial charge in [-0.05, 0) is 86.1 Å². The molecule has 1 aromatic carbocycles. The van der Waals surface area contributed by atoms with Crippen LogP contribution >= 0.6 is 22.9 Å². The number of hydrogen-bond acceptors (Lipinski definition) is 7. The molecule has 0 spiro atoms. The predicted molar refractivity (Wildman–Crippen MR) is 145 cm³/mol. The maximum Gasteiger partial charge on any atom is 0.284 e. The SMILES string of the molecule is CNC1(c2cc(Cl)cc(-c3cccs3)c2)CC1.CNCC#N.O=CC(=O)NCC1=CCCC=C1C=O. The van der Waals surface area contributed by atoms with Crippen molar-refractivity contribution in [3.8, 4) is 16.5 Å². The van der Waals surface area contributed by atoms with Crippen LogP contribution in [0.25, 0.3) is 10.4 Å². The second-order valence-electron chi connectivity index (χ2n) is 8.15. The lowest BCUT2D eigenvalue weighted by Gasteiger charge is -2.16. The molecule has 3 N–H and O–H groups in total. The lowest BCUT2D eigenvalue weighted by molar-refractivity contribution is -0.131. The molecule has 0 saturated heterocycles. The van der Waals surface area contributed by atoms with Crippen LogP contribution in [0.15, 0.2) is 59.0 Å². The van der Waals surface area contributed by atoms with Gasteiger partial charge in [0, 0.05) is 27.6 Å². The van der Waals surface area contributed by atoms with Crippen molar-refractivity contribution in [1.82, 2.24) is 16.0 Å². The number of nitriles is 1. The Hall–Kier alpha value is -3.09. The van der Waals surface area contributed by atoms with Crippen LogP contribution in [0.1, 0.15) is 31.2 Å². The predicted octanol–water partition coefficient (Wildman–Crippen LogP) is 4.15. The van der Waals surface area contributed by atoms with Gasteiger partial charge in [-0.1, -0.05) is 29.8 Å². The molecule has 1 amide bonds. The fourth-order valence-electron chi connectivity index (χ4n) is 3.61. The Morgan fingerprint density at radius 2 is 1.94 bits per heavy atom. The summed E-state index contributed by atoms with van der Waals surface area (Å²) in [5.41, 5.74) is 4.10. The third kappa shape index (κ3) is 8.85. The van der Waals surface area contributed by atoms with E-state index in [0.717, 1.165) is 29.7 Å². The number of aldehydes is 2. The maximum absolute atomic E-state index is 10.6. The Kier molecular flexibility index (Phi) is 12.2. The number of allylic oxidation sites excluding steroid dienone is 2. The van der Waals surface area contributed by atoms with Crippen molar-refractivity contribution in [1.29, 1.82) is 5.26 Å². The number of amides is 1. The van der Waals surface area contributed by atoms with E-state index >= 15 is 0 Å². The molecule has 0 radical (unpaired) electrons. The number of carbonyl (C=O) groups excluding carboxylic acids is 3. The summed E-state index contributed by atoms with van der Waals surface area (Å²) < 4.78 is 0. The molecule has 2 aromatic rings. The van der Waals surface area contributed by atoms with Gasteiger partial charge in [0.15, 0.2) is 0 Å². The van der Waals surface area contributed by atoms with Crippen LogP contribution in [-0.4, -0.2) is 45.7 Å². The number of benzene rings is 1. The van der Waals surface area contributed by atoms with Gasteiger partial charge in [0.2, 0.25) is 6.29 Å². The van der Waals surface area contributed by atoms with Gasteiger partial charge in [0.1, 0.15) is 6.29 Å². The van der Waals surface area contributed by atoms with Gasteiger partial charge in [0.05, 0.1) is 12.6 Å². The van der Waals surface area contributed by atoms with Gasteiger partial charge >= 0.3 is 0 Å². The topological polar surface area (TPSA) is 111 Å². The second kappa shape index (κ2) is 15.1. The quantitative estimate of drug-likeness (QED) is 0.271. The average molecular weight is 527 g/mol. The summed E-state index contributed by atoms with van der Waals surface area (Å²) in [6.45, 7) is 0.683. The van der Waals surface area contributed by atoms with Crippen LogP contribution in [0.3, 0.4) is 0 Å². The second-order valence-corrected chi connectivity index (χ2v) is 9.53. The van der Waals surface area contributed by atoms with Crippen LogP contribution in [-0.2, 0) is 19.9 Å². The smallest absolute Gasteiger partial charge is 0.284 e. The standard InChI is InChI=1S/C14H14ClNS.C10H11NO3.C3H6N2/c1-16-14(4-5-14)11-7-10(8-12(15)9-11)13-3-2-6-17-13;12-6-9-4-2-1-3-8(9)5-11-10(14)7-13;1-5-3-2-4/h2-3,6-9,16H,4-5H2,1H3;3-4,6-7H,1-2,5H2,(H,11,14);5H,3H2,1H3. The van der Waals surface area contributed by atoms with E-state index in [0.29, 0.717) is 12.1 Å². The highest BCUT2D eigenvalue weighted by Gasteiger charge is 2.42. The summed E-state index contributed by atoms with van der Waals surface area (Å²) in [6.07, 6.45) is 8.82. The minimum atomic E-state index is -0.665. The van der Waals surface area contributed by atoms with E-state index in [4.69, 9.17) is 16.9 Å². The number of hydrogen-bond donors (Lipinski definition) is 3. The van der Waals surface area contributed by atoms with Crippen LogP contribution in [0.2, 0.25) is 5.02 Å². The van der Waals surface area contributed by atoms with E-state index in [-0.39, 0.29) is 18.4 Å². The van der Waals surface area contributed by atoms with Crippen LogP contribution in [0.5, 0.6) is 0 Å². The van der Waals surface area contributed by atoms with E-state index in [9.17, 15) is 14.4 Å². The molecule has 1 saturated carbocycles. The molecular weight excluding hydrogens is 496 g/mol. The molecule has 9 heteroatoms. The zero-order valence-corrected chi connectivity index (χ0v) is 22.0. The molecule has 0 bridgehead atoms. The largest absolute Gasteiger partial charge is 0.346 e. The summed E-state index contributed by atoms with van der Waals surface area (Å²) in [5.74, 6) is -0.665. The molecule has 2 aliphatic carbocycles. The zero-order valence-electron chi connectivity index (χ0n) is 20.5. The third-order valence-electron chi connectivity index (χ3n) is 5.72. The molecule has 190 valence electrons.